The summed E-state index contributed by atoms with van der Waals surface area (Å²) in [5.41, 5.74) is 1.77. The van der Waals surface area contributed by atoms with Crippen LogP contribution in [0, 0.1) is 6.92 Å². The number of ether oxygens (including phenoxy) is 2. The summed E-state index contributed by atoms with van der Waals surface area (Å²) in [6.07, 6.45) is -0.439. The van der Waals surface area contributed by atoms with E-state index in [0.717, 1.165) is 5.56 Å². The first kappa shape index (κ1) is 19.8. The van der Waals surface area contributed by atoms with E-state index < -0.39 is 22.2 Å². The molecule has 3 unspecified atom stereocenters. The molecule has 1 aliphatic heterocycles. The number of morpholine rings is 1. The number of hydrogen-bond donors (Lipinski definition) is 1. The van der Waals surface area contributed by atoms with Crippen molar-refractivity contribution in [3.05, 3.63) is 35.4 Å². The van der Waals surface area contributed by atoms with Gasteiger partial charge in [-0.3, -0.25) is 4.79 Å². The fourth-order valence-electron chi connectivity index (χ4n) is 2.86. The quantitative estimate of drug-likeness (QED) is 0.768. The summed E-state index contributed by atoms with van der Waals surface area (Å²) in [6, 6.07) is 6.71. The number of esters is 1. The molecule has 1 aliphatic rings. The number of methoxy groups -OCH3 is 1. The Morgan fingerprint density at radius 2 is 1.84 bits per heavy atom. The maximum absolute atomic E-state index is 12.8. The van der Waals surface area contributed by atoms with Crippen molar-refractivity contribution in [2.24, 2.45) is 0 Å². The predicted molar refractivity (Wildman–Crippen MR) is 94.2 cm³/mol. The maximum atomic E-state index is 12.8. The molecule has 1 aromatic carbocycles. The smallest absolute Gasteiger partial charge is 0.307 e. The summed E-state index contributed by atoms with van der Waals surface area (Å²) < 4.78 is 39.9. The van der Waals surface area contributed by atoms with Gasteiger partial charge in [0.1, 0.15) is 0 Å². The lowest BCUT2D eigenvalue weighted by atomic mass is 10.0. The molecule has 1 fully saturated rings. The number of nitrogens with one attached hydrogen (secondary N) is 1. The van der Waals surface area contributed by atoms with Crippen molar-refractivity contribution in [1.82, 2.24) is 9.03 Å². The number of carbonyl (C=O) groups excluding carboxylic acids is 1. The minimum absolute atomic E-state index is 0.0752. The third kappa shape index (κ3) is 5.50. The molecule has 1 heterocycles. The molecule has 1 aromatic rings. The standard InChI is InChI=1S/C17H26N2O5S/c1-12-5-7-15(8-6-12)16(9-17(20)23-4)18-25(21,22)19-10-13(2)24-14(3)11-19/h5-8,13-14,16,18H,9-11H2,1-4H3. The van der Waals surface area contributed by atoms with Crippen molar-refractivity contribution in [1.29, 1.82) is 0 Å². The topological polar surface area (TPSA) is 84.9 Å². The highest BCUT2D eigenvalue weighted by Gasteiger charge is 2.33. The summed E-state index contributed by atoms with van der Waals surface area (Å²) in [5.74, 6) is -0.475. The second-order valence-corrected chi connectivity index (χ2v) is 8.14. The van der Waals surface area contributed by atoms with Gasteiger partial charge in [-0.25, -0.2) is 0 Å². The van der Waals surface area contributed by atoms with E-state index in [9.17, 15) is 13.2 Å². The second kappa shape index (κ2) is 8.27. The summed E-state index contributed by atoms with van der Waals surface area (Å²) in [6.45, 7) is 6.17. The van der Waals surface area contributed by atoms with Crippen LogP contribution in [0.1, 0.15) is 37.4 Å². The molecule has 7 nitrogen and oxygen atoms in total. The van der Waals surface area contributed by atoms with E-state index in [2.05, 4.69) is 4.72 Å². The number of rotatable bonds is 6. The van der Waals surface area contributed by atoms with E-state index in [1.807, 2.05) is 45.0 Å². The van der Waals surface area contributed by atoms with Crippen LogP contribution in [0.3, 0.4) is 0 Å². The zero-order valence-corrected chi connectivity index (χ0v) is 15.9. The zero-order valence-electron chi connectivity index (χ0n) is 15.1. The molecule has 0 spiro atoms. The minimum Gasteiger partial charge on any atom is -0.469 e. The second-order valence-electron chi connectivity index (χ2n) is 6.44. The Balaban J connectivity index is 2.22. The van der Waals surface area contributed by atoms with E-state index in [1.165, 1.54) is 11.4 Å². The molecule has 0 amide bonds. The van der Waals surface area contributed by atoms with Crippen molar-refractivity contribution in [2.45, 2.75) is 45.4 Å². The van der Waals surface area contributed by atoms with E-state index in [1.54, 1.807) is 0 Å². The Morgan fingerprint density at radius 3 is 2.36 bits per heavy atom. The molecule has 0 bridgehead atoms. The average Bonchev–Trinajstić information content (AvgIpc) is 2.53. The molecule has 2 rings (SSSR count). The molecule has 0 aromatic heterocycles. The SMILES string of the molecule is COC(=O)CC(NS(=O)(=O)N1CC(C)OC(C)C1)c1ccc(C)cc1. The van der Waals surface area contributed by atoms with E-state index in [4.69, 9.17) is 9.47 Å². The first-order chi connectivity index (χ1) is 11.7. The Hall–Kier alpha value is -1.48. The van der Waals surface area contributed by atoms with Gasteiger partial charge in [-0.15, -0.1) is 0 Å². The van der Waals surface area contributed by atoms with Crippen molar-refractivity contribution < 1.29 is 22.7 Å². The van der Waals surface area contributed by atoms with E-state index in [0.29, 0.717) is 5.56 Å². The molecule has 0 saturated carbocycles. The molecule has 140 valence electrons. The van der Waals surface area contributed by atoms with Crippen molar-refractivity contribution in [2.75, 3.05) is 20.2 Å². The van der Waals surface area contributed by atoms with Crippen molar-refractivity contribution in [3.63, 3.8) is 0 Å². The summed E-state index contributed by atoms with van der Waals surface area (Å²) in [4.78, 5) is 11.7. The van der Waals surface area contributed by atoms with Crippen LogP contribution in [0.15, 0.2) is 24.3 Å². The molecule has 0 radical (unpaired) electrons. The van der Waals surface area contributed by atoms with Gasteiger partial charge in [0.05, 0.1) is 31.8 Å². The molecule has 0 aliphatic carbocycles. The monoisotopic (exact) mass is 370 g/mol. The van der Waals surface area contributed by atoms with Gasteiger partial charge in [-0.05, 0) is 26.3 Å². The van der Waals surface area contributed by atoms with Gasteiger partial charge in [-0.1, -0.05) is 29.8 Å². The van der Waals surface area contributed by atoms with Gasteiger partial charge in [0, 0.05) is 13.1 Å². The van der Waals surface area contributed by atoms with Crippen LogP contribution in [-0.4, -0.2) is 51.1 Å². The maximum Gasteiger partial charge on any atom is 0.307 e. The van der Waals surface area contributed by atoms with Gasteiger partial charge in [0.15, 0.2) is 0 Å². The van der Waals surface area contributed by atoms with E-state index in [-0.39, 0.29) is 31.7 Å². The van der Waals surface area contributed by atoms with Crippen LogP contribution in [0.25, 0.3) is 0 Å². The van der Waals surface area contributed by atoms with Crippen LogP contribution in [0.2, 0.25) is 0 Å². The largest absolute Gasteiger partial charge is 0.469 e. The third-order valence-electron chi connectivity index (χ3n) is 4.10. The number of nitrogens with zero attached hydrogens (tertiary/aromatic N) is 1. The van der Waals surface area contributed by atoms with Crippen molar-refractivity contribution in [3.8, 4) is 0 Å². The van der Waals surface area contributed by atoms with Crippen LogP contribution in [-0.2, 0) is 24.5 Å². The van der Waals surface area contributed by atoms with Crippen LogP contribution in [0.5, 0.6) is 0 Å². The third-order valence-corrected chi connectivity index (χ3v) is 5.66. The highest BCUT2D eigenvalue weighted by molar-refractivity contribution is 7.87. The fourth-order valence-corrected chi connectivity index (χ4v) is 4.40. The number of hydrogen-bond acceptors (Lipinski definition) is 5. The molecule has 1 saturated heterocycles. The normalized spacial score (nSPS) is 23.2. The van der Waals surface area contributed by atoms with Gasteiger partial charge >= 0.3 is 5.97 Å². The van der Waals surface area contributed by atoms with Gasteiger partial charge in [0.25, 0.3) is 10.2 Å². The lowest BCUT2D eigenvalue weighted by molar-refractivity contribution is -0.141. The molecule has 1 N–H and O–H groups in total. The van der Waals surface area contributed by atoms with Crippen LogP contribution >= 0.6 is 0 Å². The molecular weight excluding hydrogens is 344 g/mol. The Kier molecular flexibility index (Phi) is 6.56. The number of benzene rings is 1. The Labute approximate surface area is 149 Å². The predicted octanol–water partition coefficient (Wildman–Crippen LogP) is 1.54. The fraction of sp³-hybridized carbons (Fsp3) is 0.588. The molecule has 25 heavy (non-hydrogen) atoms. The van der Waals surface area contributed by atoms with E-state index >= 15 is 0 Å². The van der Waals surface area contributed by atoms with Gasteiger partial charge in [0.2, 0.25) is 0 Å². The summed E-state index contributed by atoms with van der Waals surface area (Å²) in [7, 11) is -2.48. The highest BCUT2D eigenvalue weighted by atomic mass is 32.2. The summed E-state index contributed by atoms with van der Waals surface area (Å²) >= 11 is 0. The molecule has 8 heteroatoms. The van der Waals surface area contributed by atoms with Gasteiger partial charge in [-0.2, -0.15) is 17.4 Å². The molecular formula is C17H26N2O5S. The zero-order chi connectivity index (χ0) is 18.6. The first-order valence-corrected chi connectivity index (χ1v) is 9.71. The minimum atomic E-state index is -3.76. The van der Waals surface area contributed by atoms with Crippen LogP contribution in [0.4, 0.5) is 0 Å². The lowest BCUT2D eigenvalue weighted by Gasteiger charge is -2.35. The van der Waals surface area contributed by atoms with Gasteiger partial charge < -0.3 is 9.47 Å². The molecule has 3 atom stereocenters. The Morgan fingerprint density at radius 1 is 1.28 bits per heavy atom. The Bertz CT molecular complexity index is 679. The van der Waals surface area contributed by atoms with Crippen molar-refractivity contribution >= 4 is 16.2 Å². The number of carbonyl (C=O) groups is 1. The number of aryl methyl sites for hydroxylation is 1. The summed E-state index contributed by atoms with van der Waals surface area (Å²) in [5, 5.41) is 0. The average molecular weight is 370 g/mol. The van der Waals surface area contributed by atoms with Crippen LogP contribution < -0.4 is 4.72 Å². The first-order valence-electron chi connectivity index (χ1n) is 8.27. The highest BCUT2D eigenvalue weighted by Crippen LogP contribution is 2.22. The lowest BCUT2D eigenvalue weighted by Crippen LogP contribution is -2.52.